The van der Waals surface area contributed by atoms with E-state index in [4.69, 9.17) is 13.9 Å². The maximum absolute atomic E-state index is 12.0. The minimum Gasteiger partial charge on any atom is -0.490 e. The predicted molar refractivity (Wildman–Crippen MR) is 106 cm³/mol. The molecule has 0 aliphatic rings. The van der Waals surface area contributed by atoms with E-state index in [-0.39, 0.29) is 18.1 Å². The second kappa shape index (κ2) is 8.04. The highest BCUT2D eigenvalue weighted by Crippen LogP contribution is 2.22. The Morgan fingerprint density at radius 3 is 2.18 bits per heavy atom. The van der Waals surface area contributed by atoms with E-state index in [1.807, 2.05) is 13.0 Å². The van der Waals surface area contributed by atoms with Crippen LogP contribution in [0.25, 0.3) is 11.0 Å². The molecule has 7 nitrogen and oxygen atoms in total. The zero-order valence-corrected chi connectivity index (χ0v) is 16.7. The number of hydrogen-bond acceptors (Lipinski definition) is 6. The van der Waals surface area contributed by atoms with Gasteiger partial charge in [-0.2, -0.15) is 0 Å². The first-order valence-corrected chi connectivity index (χ1v) is 10.0. The van der Waals surface area contributed by atoms with Crippen molar-refractivity contribution >= 4 is 21.0 Å². The fraction of sp³-hybridized carbons (Fsp3) is 0.250. The predicted octanol–water partition coefficient (Wildman–Crippen LogP) is 2.81. The highest BCUT2D eigenvalue weighted by Gasteiger charge is 2.16. The van der Waals surface area contributed by atoms with Crippen molar-refractivity contribution in [2.45, 2.75) is 11.8 Å². The summed E-state index contributed by atoms with van der Waals surface area (Å²) in [5.74, 6) is 1.11. The molecule has 0 amide bonds. The van der Waals surface area contributed by atoms with Gasteiger partial charge < -0.3 is 13.9 Å². The van der Waals surface area contributed by atoms with E-state index in [0.29, 0.717) is 17.1 Å². The number of aryl methyl sites for hydroxylation is 1. The van der Waals surface area contributed by atoms with E-state index in [2.05, 4.69) is 0 Å². The Labute approximate surface area is 163 Å². The third-order valence-electron chi connectivity index (χ3n) is 4.15. The minimum absolute atomic E-state index is 0.203. The van der Waals surface area contributed by atoms with E-state index >= 15 is 0 Å². The van der Waals surface area contributed by atoms with Crippen LogP contribution in [0.4, 0.5) is 0 Å². The average molecular weight is 403 g/mol. The molecule has 148 valence electrons. The first-order valence-electron chi connectivity index (χ1n) is 8.60. The molecule has 3 rings (SSSR count). The average Bonchev–Trinajstić information content (AvgIpc) is 2.65. The summed E-state index contributed by atoms with van der Waals surface area (Å²) < 4.78 is 41.6. The molecule has 1 heterocycles. The summed E-state index contributed by atoms with van der Waals surface area (Å²) in [4.78, 5) is 11.7. The standard InChI is InChI=1S/C20H21NO6S/c1-14-12-20(22)27-19-13-16(6-9-18(14)19)26-11-10-25-15-4-7-17(8-5-15)28(23,24)21(2)3/h4-9,12-13H,10-11H2,1-3H3. The zero-order valence-electron chi connectivity index (χ0n) is 15.8. The van der Waals surface area contributed by atoms with E-state index in [1.165, 1.54) is 32.3 Å². The normalized spacial score (nSPS) is 11.7. The van der Waals surface area contributed by atoms with Crippen molar-refractivity contribution in [3.05, 3.63) is 64.5 Å². The van der Waals surface area contributed by atoms with Crippen LogP contribution < -0.4 is 15.1 Å². The molecule has 0 spiro atoms. The van der Waals surface area contributed by atoms with Crippen LogP contribution in [-0.2, 0) is 10.0 Å². The highest BCUT2D eigenvalue weighted by molar-refractivity contribution is 7.89. The van der Waals surface area contributed by atoms with Gasteiger partial charge in [-0.25, -0.2) is 17.5 Å². The second-order valence-corrected chi connectivity index (χ2v) is 8.51. The van der Waals surface area contributed by atoms with E-state index in [9.17, 15) is 13.2 Å². The molecular formula is C20H21NO6S. The summed E-state index contributed by atoms with van der Waals surface area (Å²) in [5.41, 5.74) is 0.923. The summed E-state index contributed by atoms with van der Waals surface area (Å²) in [6, 6.07) is 13.0. The zero-order chi connectivity index (χ0) is 20.3. The van der Waals surface area contributed by atoms with Gasteiger partial charge in [0.2, 0.25) is 10.0 Å². The molecule has 0 saturated carbocycles. The molecule has 3 aromatic rings. The van der Waals surface area contributed by atoms with Crippen molar-refractivity contribution in [1.29, 1.82) is 0 Å². The number of hydrogen-bond donors (Lipinski definition) is 0. The van der Waals surface area contributed by atoms with Gasteiger partial charge in [-0.05, 0) is 48.9 Å². The summed E-state index contributed by atoms with van der Waals surface area (Å²) in [5, 5.41) is 0.857. The van der Waals surface area contributed by atoms with Crippen LogP contribution in [0.15, 0.2) is 62.6 Å². The van der Waals surface area contributed by atoms with Crippen LogP contribution in [0, 0.1) is 6.92 Å². The molecule has 8 heteroatoms. The lowest BCUT2D eigenvalue weighted by Gasteiger charge is -2.12. The SMILES string of the molecule is Cc1cc(=O)oc2cc(OCCOc3ccc(S(=O)(=O)N(C)C)cc3)ccc12. The number of nitrogens with zero attached hydrogens (tertiary/aromatic N) is 1. The Kier molecular flexibility index (Phi) is 5.71. The van der Waals surface area contributed by atoms with Crippen molar-refractivity contribution in [2.75, 3.05) is 27.3 Å². The van der Waals surface area contributed by atoms with Gasteiger partial charge in [0, 0.05) is 31.6 Å². The Balaban J connectivity index is 1.57. The molecule has 0 atom stereocenters. The number of ether oxygens (including phenoxy) is 2. The van der Waals surface area contributed by atoms with Crippen LogP contribution in [0.3, 0.4) is 0 Å². The molecule has 2 aromatic carbocycles. The maximum Gasteiger partial charge on any atom is 0.336 e. The molecule has 0 N–H and O–H groups in total. The van der Waals surface area contributed by atoms with Crippen molar-refractivity contribution < 1.29 is 22.3 Å². The maximum atomic E-state index is 12.0. The first-order chi connectivity index (χ1) is 13.3. The summed E-state index contributed by atoms with van der Waals surface area (Å²) in [6.45, 7) is 2.40. The molecule has 0 bridgehead atoms. The van der Waals surface area contributed by atoms with Crippen LogP contribution in [-0.4, -0.2) is 40.0 Å². The lowest BCUT2D eigenvalue weighted by molar-refractivity contribution is 0.217. The van der Waals surface area contributed by atoms with Crippen LogP contribution in [0.2, 0.25) is 0 Å². The van der Waals surface area contributed by atoms with Gasteiger partial charge in [-0.15, -0.1) is 0 Å². The Bertz CT molecular complexity index is 1130. The number of benzene rings is 2. The summed E-state index contributed by atoms with van der Waals surface area (Å²) in [7, 11) is -0.492. The first kappa shape index (κ1) is 19.9. The molecule has 0 unspecified atom stereocenters. The number of fused-ring (bicyclic) bond motifs is 1. The quantitative estimate of drug-likeness (QED) is 0.445. The molecule has 1 aromatic heterocycles. The lowest BCUT2D eigenvalue weighted by Crippen LogP contribution is -2.22. The third kappa shape index (κ3) is 4.35. The van der Waals surface area contributed by atoms with Crippen LogP contribution in [0.1, 0.15) is 5.56 Å². The molecule has 0 radical (unpaired) electrons. The van der Waals surface area contributed by atoms with Crippen molar-refractivity contribution in [3.8, 4) is 11.5 Å². The minimum atomic E-state index is -3.46. The molecular weight excluding hydrogens is 382 g/mol. The lowest BCUT2D eigenvalue weighted by atomic mass is 10.1. The van der Waals surface area contributed by atoms with Gasteiger partial charge in [0.1, 0.15) is 30.3 Å². The third-order valence-corrected chi connectivity index (χ3v) is 5.98. The summed E-state index contributed by atoms with van der Waals surface area (Å²) in [6.07, 6.45) is 0. The van der Waals surface area contributed by atoms with Gasteiger partial charge >= 0.3 is 5.63 Å². The fourth-order valence-electron chi connectivity index (χ4n) is 2.63. The van der Waals surface area contributed by atoms with Gasteiger partial charge in [0.15, 0.2) is 0 Å². The smallest absolute Gasteiger partial charge is 0.336 e. The van der Waals surface area contributed by atoms with E-state index in [1.54, 1.807) is 24.3 Å². The molecule has 0 saturated heterocycles. The largest absolute Gasteiger partial charge is 0.490 e. The van der Waals surface area contributed by atoms with Crippen molar-refractivity contribution in [1.82, 2.24) is 4.31 Å². The number of sulfonamides is 1. The monoisotopic (exact) mass is 403 g/mol. The molecule has 28 heavy (non-hydrogen) atoms. The van der Waals surface area contributed by atoms with E-state index in [0.717, 1.165) is 15.3 Å². The second-order valence-electron chi connectivity index (χ2n) is 6.36. The van der Waals surface area contributed by atoms with Gasteiger partial charge in [0.05, 0.1) is 4.90 Å². The van der Waals surface area contributed by atoms with Crippen molar-refractivity contribution in [2.24, 2.45) is 0 Å². The van der Waals surface area contributed by atoms with Gasteiger partial charge in [0.25, 0.3) is 0 Å². The Morgan fingerprint density at radius 1 is 0.929 bits per heavy atom. The van der Waals surface area contributed by atoms with Gasteiger partial charge in [-0.1, -0.05) is 0 Å². The molecule has 0 fully saturated rings. The van der Waals surface area contributed by atoms with Crippen LogP contribution >= 0.6 is 0 Å². The van der Waals surface area contributed by atoms with E-state index < -0.39 is 15.6 Å². The number of rotatable bonds is 7. The molecule has 0 aliphatic heterocycles. The van der Waals surface area contributed by atoms with Crippen molar-refractivity contribution in [3.63, 3.8) is 0 Å². The summed E-state index contributed by atoms with van der Waals surface area (Å²) >= 11 is 0. The topological polar surface area (TPSA) is 86.0 Å². The van der Waals surface area contributed by atoms with Gasteiger partial charge in [-0.3, -0.25) is 0 Å². The Morgan fingerprint density at radius 2 is 1.54 bits per heavy atom. The Hall–Kier alpha value is -2.84. The highest BCUT2D eigenvalue weighted by atomic mass is 32.2. The van der Waals surface area contributed by atoms with Crippen LogP contribution in [0.5, 0.6) is 11.5 Å². The fourth-order valence-corrected chi connectivity index (χ4v) is 3.53. The molecule has 0 aliphatic carbocycles.